The standard InChI is InChI=1S/C17H24N2O2/c1-21-17(20)16(18-15-8-9-15)12-19-10-4-7-13-5-2-3-6-14(13)11-19/h2-3,5-6,15-16,18H,4,7-12H2,1H3. The molecule has 4 heteroatoms. The molecule has 1 N–H and O–H groups in total. The fourth-order valence-electron chi connectivity index (χ4n) is 3.05. The smallest absolute Gasteiger partial charge is 0.324 e. The maximum absolute atomic E-state index is 12.0. The molecule has 1 heterocycles. The number of hydrogen-bond acceptors (Lipinski definition) is 4. The summed E-state index contributed by atoms with van der Waals surface area (Å²) in [5, 5.41) is 3.42. The van der Waals surface area contributed by atoms with Gasteiger partial charge in [0, 0.05) is 19.1 Å². The van der Waals surface area contributed by atoms with Crippen LogP contribution >= 0.6 is 0 Å². The Labute approximate surface area is 126 Å². The molecule has 1 unspecified atom stereocenters. The number of benzene rings is 1. The zero-order chi connectivity index (χ0) is 14.7. The Morgan fingerprint density at radius 2 is 2.14 bits per heavy atom. The lowest BCUT2D eigenvalue weighted by atomic mass is 10.0. The molecule has 1 fully saturated rings. The van der Waals surface area contributed by atoms with Gasteiger partial charge in [0.1, 0.15) is 6.04 Å². The highest BCUT2D eigenvalue weighted by molar-refractivity contribution is 5.76. The topological polar surface area (TPSA) is 41.6 Å². The molecule has 0 spiro atoms. The average Bonchev–Trinajstić information content (AvgIpc) is 3.32. The van der Waals surface area contributed by atoms with Gasteiger partial charge in [-0.3, -0.25) is 9.69 Å². The molecule has 1 aliphatic carbocycles. The van der Waals surface area contributed by atoms with Crippen LogP contribution in [0.5, 0.6) is 0 Å². The van der Waals surface area contributed by atoms with E-state index in [0.29, 0.717) is 6.04 Å². The van der Waals surface area contributed by atoms with E-state index in [2.05, 4.69) is 34.5 Å². The molecular weight excluding hydrogens is 264 g/mol. The second kappa shape index (κ2) is 6.58. The minimum Gasteiger partial charge on any atom is -0.468 e. The van der Waals surface area contributed by atoms with Gasteiger partial charge in [0.2, 0.25) is 0 Å². The van der Waals surface area contributed by atoms with Gasteiger partial charge in [-0.15, -0.1) is 0 Å². The number of aryl methyl sites for hydroxylation is 1. The molecule has 0 amide bonds. The van der Waals surface area contributed by atoms with Crippen LogP contribution in [-0.4, -0.2) is 43.2 Å². The summed E-state index contributed by atoms with van der Waals surface area (Å²) in [4.78, 5) is 14.3. The van der Waals surface area contributed by atoms with Crippen molar-refractivity contribution in [1.29, 1.82) is 0 Å². The van der Waals surface area contributed by atoms with Gasteiger partial charge in [0.05, 0.1) is 7.11 Å². The fraction of sp³-hybridized carbons (Fsp3) is 0.588. The summed E-state index contributed by atoms with van der Waals surface area (Å²) in [7, 11) is 1.47. The predicted octanol–water partition coefficient (Wildman–Crippen LogP) is 1.73. The molecule has 2 aliphatic rings. The molecular formula is C17H24N2O2. The molecule has 0 radical (unpaired) electrons. The largest absolute Gasteiger partial charge is 0.468 e. The molecule has 21 heavy (non-hydrogen) atoms. The van der Waals surface area contributed by atoms with Crippen LogP contribution in [0.25, 0.3) is 0 Å². The molecule has 1 aromatic carbocycles. The van der Waals surface area contributed by atoms with Crippen molar-refractivity contribution in [3.8, 4) is 0 Å². The van der Waals surface area contributed by atoms with Crippen molar-refractivity contribution in [2.45, 2.75) is 44.3 Å². The second-order valence-corrected chi connectivity index (χ2v) is 6.12. The third-order valence-corrected chi connectivity index (χ3v) is 4.37. The van der Waals surface area contributed by atoms with Crippen LogP contribution in [0.2, 0.25) is 0 Å². The number of nitrogens with zero attached hydrogens (tertiary/aromatic N) is 1. The van der Waals surface area contributed by atoms with Gasteiger partial charge >= 0.3 is 5.97 Å². The molecule has 0 saturated heterocycles. The lowest BCUT2D eigenvalue weighted by Gasteiger charge is -2.25. The van der Waals surface area contributed by atoms with Gasteiger partial charge in [-0.25, -0.2) is 0 Å². The Morgan fingerprint density at radius 3 is 2.86 bits per heavy atom. The lowest BCUT2D eigenvalue weighted by Crippen LogP contribution is -2.47. The van der Waals surface area contributed by atoms with Gasteiger partial charge in [0.25, 0.3) is 0 Å². The zero-order valence-corrected chi connectivity index (χ0v) is 12.7. The van der Waals surface area contributed by atoms with E-state index in [0.717, 1.165) is 32.5 Å². The Kier molecular flexibility index (Phi) is 4.56. The van der Waals surface area contributed by atoms with Crippen LogP contribution in [0, 0.1) is 0 Å². The molecule has 3 rings (SSSR count). The average molecular weight is 288 g/mol. The molecule has 114 valence electrons. The van der Waals surface area contributed by atoms with Gasteiger partial charge in [0.15, 0.2) is 0 Å². The zero-order valence-electron chi connectivity index (χ0n) is 12.7. The van der Waals surface area contributed by atoms with Crippen molar-refractivity contribution in [3.05, 3.63) is 35.4 Å². The van der Waals surface area contributed by atoms with Crippen LogP contribution in [-0.2, 0) is 22.5 Å². The maximum Gasteiger partial charge on any atom is 0.324 e. The third kappa shape index (κ3) is 3.83. The minimum absolute atomic E-state index is 0.139. The van der Waals surface area contributed by atoms with Crippen LogP contribution in [0.15, 0.2) is 24.3 Å². The summed E-state index contributed by atoms with van der Waals surface area (Å²) in [6.07, 6.45) is 4.63. The first kappa shape index (κ1) is 14.5. The number of esters is 1. The number of carbonyl (C=O) groups excluding carboxylic acids is 1. The van der Waals surface area contributed by atoms with E-state index < -0.39 is 0 Å². The van der Waals surface area contributed by atoms with E-state index in [1.165, 1.54) is 31.1 Å². The van der Waals surface area contributed by atoms with Crippen molar-refractivity contribution in [3.63, 3.8) is 0 Å². The first-order valence-corrected chi connectivity index (χ1v) is 7.89. The van der Waals surface area contributed by atoms with E-state index in [4.69, 9.17) is 4.74 Å². The van der Waals surface area contributed by atoms with Gasteiger partial charge < -0.3 is 10.1 Å². The van der Waals surface area contributed by atoms with Crippen LogP contribution in [0.1, 0.15) is 30.4 Å². The van der Waals surface area contributed by atoms with Crippen molar-refractivity contribution >= 4 is 5.97 Å². The minimum atomic E-state index is -0.201. The summed E-state index contributed by atoms with van der Waals surface area (Å²) in [5.41, 5.74) is 2.84. The highest BCUT2D eigenvalue weighted by atomic mass is 16.5. The Balaban J connectivity index is 1.66. The van der Waals surface area contributed by atoms with Crippen molar-refractivity contribution in [1.82, 2.24) is 10.2 Å². The van der Waals surface area contributed by atoms with Crippen LogP contribution in [0.4, 0.5) is 0 Å². The van der Waals surface area contributed by atoms with E-state index in [1.54, 1.807) is 0 Å². The van der Waals surface area contributed by atoms with Crippen molar-refractivity contribution in [2.75, 3.05) is 20.2 Å². The lowest BCUT2D eigenvalue weighted by molar-refractivity contribution is -0.143. The van der Waals surface area contributed by atoms with Gasteiger partial charge in [-0.05, 0) is 43.4 Å². The summed E-state index contributed by atoms with van der Waals surface area (Å²) in [6.45, 7) is 2.70. The quantitative estimate of drug-likeness (QED) is 0.838. The van der Waals surface area contributed by atoms with Crippen LogP contribution < -0.4 is 5.32 Å². The van der Waals surface area contributed by atoms with E-state index in [9.17, 15) is 4.79 Å². The molecule has 0 bridgehead atoms. The molecule has 1 aromatic rings. The maximum atomic E-state index is 12.0. The van der Waals surface area contributed by atoms with Gasteiger partial charge in [-0.1, -0.05) is 24.3 Å². The monoisotopic (exact) mass is 288 g/mol. The number of rotatable bonds is 5. The van der Waals surface area contributed by atoms with E-state index in [1.807, 2.05) is 0 Å². The summed E-state index contributed by atoms with van der Waals surface area (Å²) >= 11 is 0. The Hall–Kier alpha value is -1.39. The molecule has 0 aromatic heterocycles. The number of nitrogens with one attached hydrogen (secondary N) is 1. The first-order chi connectivity index (χ1) is 10.3. The summed E-state index contributed by atoms with van der Waals surface area (Å²) in [5.74, 6) is -0.139. The summed E-state index contributed by atoms with van der Waals surface area (Å²) < 4.78 is 4.96. The SMILES string of the molecule is COC(=O)C(CN1CCCc2ccccc2C1)NC1CC1. The number of methoxy groups -OCH3 is 1. The highest BCUT2D eigenvalue weighted by Gasteiger charge is 2.30. The number of carbonyl (C=O) groups is 1. The number of fused-ring (bicyclic) bond motifs is 1. The van der Waals surface area contributed by atoms with Crippen molar-refractivity contribution < 1.29 is 9.53 Å². The Morgan fingerprint density at radius 1 is 1.38 bits per heavy atom. The number of ether oxygens (including phenoxy) is 1. The molecule has 1 saturated carbocycles. The number of hydrogen-bond donors (Lipinski definition) is 1. The van der Waals surface area contributed by atoms with Crippen molar-refractivity contribution in [2.24, 2.45) is 0 Å². The van der Waals surface area contributed by atoms with E-state index in [-0.39, 0.29) is 12.0 Å². The Bertz CT molecular complexity index is 499. The predicted molar refractivity (Wildman–Crippen MR) is 82.0 cm³/mol. The second-order valence-electron chi connectivity index (χ2n) is 6.12. The summed E-state index contributed by atoms with van der Waals surface area (Å²) in [6, 6.07) is 8.94. The van der Waals surface area contributed by atoms with Crippen LogP contribution in [0.3, 0.4) is 0 Å². The third-order valence-electron chi connectivity index (χ3n) is 4.37. The molecule has 1 aliphatic heterocycles. The molecule has 4 nitrogen and oxygen atoms in total. The molecule has 1 atom stereocenters. The highest BCUT2D eigenvalue weighted by Crippen LogP contribution is 2.21. The fourth-order valence-corrected chi connectivity index (χ4v) is 3.05. The van der Waals surface area contributed by atoms with E-state index >= 15 is 0 Å². The van der Waals surface area contributed by atoms with Gasteiger partial charge in [-0.2, -0.15) is 0 Å². The first-order valence-electron chi connectivity index (χ1n) is 7.89. The normalized spacial score (nSPS) is 20.4.